The van der Waals surface area contributed by atoms with Gasteiger partial charge in [0.05, 0.1) is 24.4 Å². The molecule has 1 aliphatic rings. The summed E-state index contributed by atoms with van der Waals surface area (Å²) < 4.78 is 10.8. The molecule has 7 heteroatoms. The minimum absolute atomic E-state index is 0.222. The van der Waals surface area contributed by atoms with Crippen molar-refractivity contribution in [2.24, 2.45) is 5.10 Å². The predicted octanol–water partition coefficient (Wildman–Crippen LogP) is 6.12. The third-order valence-electron chi connectivity index (χ3n) is 7.21. The number of amides is 1. The predicted molar refractivity (Wildman–Crippen MR) is 156 cm³/mol. The maximum atomic E-state index is 13.5. The number of hydrogen-bond donors (Lipinski definition) is 1. The molecule has 198 valence electrons. The average Bonchev–Trinajstić information content (AvgIpc) is 3.45. The second-order valence-corrected chi connectivity index (χ2v) is 9.70. The van der Waals surface area contributed by atoms with Gasteiger partial charge in [-0.2, -0.15) is 5.10 Å². The van der Waals surface area contributed by atoms with Gasteiger partial charge in [-0.3, -0.25) is 4.79 Å². The molecule has 0 saturated carbocycles. The minimum Gasteiger partial charge on any atom is -0.497 e. The van der Waals surface area contributed by atoms with E-state index >= 15 is 0 Å². The number of methoxy groups -OCH3 is 1. The summed E-state index contributed by atoms with van der Waals surface area (Å²) in [7, 11) is 1.61. The summed E-state index contributed by atoms with van der Waals surface area (Å²) in [6.45, 7) is -0.466. The fourth-order valence-electron chi connectivity index (χ4n) is 5.08. The maximum Gasteiger partial charge on any atom is 0.340 e. The molecule has 1 amide bonds. The van der Waals surface area contributed by atoms with E-state index in [2.05, 4.69) is 24.3 Å². The highest BCUT2D eigenvalue weighted by atomic mass is 16.5. The first-order valence-corrected chi connectivity index (χ1v) is 13.0. The van der Waals surface area contributed by atoms with Crippen molar-refractivity contribution in [3.8, 4) is 5.75 Å². The zero-order chi connectivity index (χ0) is 27.6. The first kappa shape index (κ1) is 25.1. The number of nitrogen functional groups attached to an aromatic ring is 1. The third-order valence-corrected chi connectivity index (χ3v) is 7.21. The van der Waals surface area contributed by atoms with Crippen LogP contribution in [0.2, 0.25) is 0 Å². The Kier molecular flexibility index (Phi) is 6.62. The number of rotatable bonds is 6. The lowest BCUT2D eigenvalue weighted by atomic mass is 9.97. The number of hydrogen-bond acceptors (Lipinski definition) is 6. The van der Waals surface area contributed by atoms with Gasteiger partial charge in [0, 0.05) is 12.1 Å². The van der Waals surface area contributed by atoms with Crippen molar-refractivity contribution < 1.29 is 19.1 Å². The molecule has 7 nitrogen and oxygen atoms in total. The van der Waals surface area contributed by atoms with Gasteiger partial charge >= 0.3 is 5.97 Å². The van der Waals surface area contributed by atoms with Crippen molar-refractivity contribution >= 4 is 44.8 Å². The van der Waals surface area contributed by atoms with E-state index in [-0.39, 0.29) is 11.6 Å². The van der Waals surface area contributed by atoms with Crippen molar-refractivity contribution in [1.82, 2.24) is 5.01 Å². The number of ether oxygens (including phenoxy) is 2. The molecule has 2 N–H and O–H groups in total. The summed E-state index contributed by atoms with van der Waals surface area (Å²) in [5.74, 6) is -0.364. The van der Waals surface area contributed by atoms with Crippen molar-refractivity contribution in [3.05, 3.63) is 120 Å². The summed E-state index contributed by atoms with van der Waals surface area (Å²) in [5, 5.41) is 10.1. The van der Waals surface area contributed by atoms with E-state index in [0.29, 0.717) is 12.1 Å². The van der Waals surface area contributed by atoms with Gasteiger partial charge in [0.25, 0.3) is 5.91 Å². The van der Waals surface area contributed by atoms with Gasteiger partial charge in [-0.05, 0) is 63.0 Å². The van der Waals surface area contributed by atoms with Crippen molar-refractivity contribution in [2.75, 3.05) is 19.5 Å². The molecule has 0 bridgehead atoms. The number of nitrogens with zero attached hydrogens (tertiary/aromatic N) is 2. The highest BCUT2D eigenvalue weighted by Gasteiger charge is 2.34. The van der Waals surface area contributed by atoms with Crippen LogP contribution in [0.1, 0.15) is 33.9 Å². The number of carbonyl (C=O) groups is 2. The van der Waals surface area contributed by atoms with Crippen LogP contribution < -0.4 is 10.5 Å². The zero-order valence-electron chi connectivity index (χ0n) is 21.9. The van der Waals surface area contributed by atoms with Crippen LogP contribution in [0, 0.1) is 0 Å². The number of benzene rings is 5. The first-order valence-electron chi connectivity index (χ1n) is 13.0. The van der Waals surface area contributed by atoms with Crippen LogP contribution in [0.4, 0.5) is 5.69 Å². The molecule has 6 rings (SSSR count). The lowest BCUT2D eigenvalue weighted by Gasteiger charge is -2.22. The minimum atomic E-state index is -0.657. The van der Waals surface area contributed by atoms with Gasteiger partial charge in [0.1, 0.15) is 5.75 Å². The fourth-order valence-corrected chi connectivity index (χ4v) is 5.08. The SMILES string of the molecule is COc1ccc(C2CC(c3ccc4ccccc4c3)=NN2C(=O)COC(=O)c2cc3ccccc3cc2N)cc1. The Bertz CT molecular complexity index is 1780. The lowest BCUT2D eigenvalue weighted by molar-refractivity contribution is -0.136. The molecule has 1 atom stereocenters. The number of nitrogens with two attached hydrogens (primary N) is 1. The van der Waals surface area contributed by atoms with E-state index in [1.807, 2.05) is 66.7 Å². The van der Waals surface area contributed by atoms with Gasteiger partial charge in [-0.25, -0.2) is 9.80 Å². The molecule has 0 radical (unpaired) electrons. The van der Waals surface area contributed by atoms with Crippen molar-refractivity contribution in [3.63, 3.8) is 0 Å². The summed E-state index contributed by atoms with van der Waals surface area (Å²) in [4.78, 5) is 26.4. The topological polar surface area (TPSA) is 94.2 Å². The standard InChI is InChI=1S/C33H27N3O4/c1-39-27-14-12-22(13-15-27)31-19-30(26-11-10-21-6-2-3-7-23(21)16-26)35-36(31)32(37)20-40-33(38)28-17-24-8-4-5-9-25(24)18-29(28)34/h2-18,31H,19-20,34H2,1H3. The maximum absolute atomic E-state index is 13.5. The zero-order valence-corrected chi connectivity index (χ0v) is 21.9. The number of fused-ring (bicyclic) bond motifs is 2. The van der Waals surface area contributed by atoms with Crippen LogP contribution in [0.3, 0.4) is 0 Å². The Morgan fingerprint density at radius 3 is 2.20 bits per heavy atom. The molecule has 0 aliphatic carbocycles. The van der Waals surface area contributed by atoms with Crippen LogP contribution in [-0.4, -0.2) is 36.3 Å². The van der Waals surface area contributed by atoms with Gasteiger partial charge in [0.15, 0.2) is 6.61 Å². The molecule has 1 aliphatic heterocycles. The molecule has 0 saturated heterocycles. The van der Waals surface area contributed by atoms with Gasteiger partial charge in [-0.1, -0.05) is 72.8 Å². The Labute approximate surface area is 231 Å². The van der Waals surface area contributed by atoms with E-state index in [4.69, 9.17) is 20.3 Å². The van der Waals surface area contributed by atoms with Gasteiger partial charge < -0.3 is 15.2 Å². The summed E-state index contributed by atoms with van der Waals surface area (Å²) >= 11 is 0. The first-order chi connectivity index (χ1) is 19.5. The highest BCUT2D eigenvalue weighted by molar-refractivity contribution is 6.06. The second kappa shape index (κ2) is 10.5. The smallest absolute Gasteiger partial charge is 0.340 e. The van der Waals surface area contributed by atoms with Crippen LogP contribution in [0.25, 0.3) is 21.5 Å². The quantitative estimate of drug-likeness (QED) is 0.211. The third kappa shape index (κ3) is 4.85. The van der Waals surface area contributed by atoms with E-state index in [1.54, 1.807) is 19.2 Å². The number of hydrazone groups is 1. The second-order valence-electron chi connectivity index (χ2n) is 9.70. The summed E-state index contributed by atoms with van der Waals surface area (Å²) in [5.41, 5.74) is 9.27. The normalized spacial score (nSPS) is 14.8. The van der Waals surface area contributed by atoms with E-state index < -0.39 is 18.5 Å². The monoisotopic (exact) mass is 529 g/mol. The number of esters is 1. The highest BCUT2D eigenvalue weighted by Crippen LogP contribution is 2.34. The van der Waals surface area contributed by atoms with Gasteiger partial charge in [-0.15, -0.1) is 0 Å². The summed E-state index contributed by atoms with van der Waals surface area (Å²) in [6.07, 6.45) is 0.516. The number of anilines is 1. The van der Waals surface area contributed by atoms with E-state index in [0.717, 1.165) is 44.1 Å². The molecule has 1 heterocycles. The fraction of sp³-hybridized carbons (Fsp3) is 0.121. The molecule has 5 aromatic carbocycles. The van der Waals surface area contributed by atoms with E-state index in [9.17, 15) is 9.59 Å². The van der Waals surface area contributed by atoms with Crippen LogP contribution in [0.15, 0.2) is 108 Å². The van der Waals surface area contributed by atoms with Gasteiger partial charge in [0.2, 0.25) is 0 Å². The van der Waals surface area contributed by atoms with Crippen LogP contribution in [0.5, 0.6) is 5.75 Å². The molecule has 0 aromatic heterocycles. The molecule has 40 heavy (non-hydrogen) atoms. The Balaban J connectivity index is 1.26. The Morgan fingerprint density at radius 1 is 0.850 bits per heavy atom. The molecular formula is C33H27N3O4. The Morgan fingerprint density at radius 2 is 1.50 bits per heavy atom. The number of carbonyl (C=O) groups excluding carboxylic acids is 2. The molecule has 1 unspecified atom stereocenters. The average molecular weight is 530 g/mol. The molecule has 0 spiro atoms. The lowest BCUT2D eigenvalue weighted by Crippen LogP contribution is -2.31. The van der Waals surface area contributed by atoms with Crippen LogP contribution >= 0.6 is 0 Å². The molecular weight excluding hydrogens is 502 g/mol. The molecule has 0 fully saturated rings. The Hall–Kier alpha value is -5.17. The van der Waals surface area contributed by atoms with Crippen molar-refractivity contribution in [2.45, 2.75) is 12.5 Å². The summed E-state index contributed by atoms with van der Waals surface area (Å²) in [6, 6.07) is 32.5. The van der Waals surface area contributed by atoms with Crippen LogP contribution in [-0.2, 0) is 9.53 Å². The van der Waals surface area contributed by atoms with Crippen molar-refractivity contribution in [1.29, 1.82) is 0 Å². The molecule has 5 aromatic rings. The van der Waals surface area contributed by atoms with E-state index in [1.165, 1.54) is 5.01 Å². The largest absolute Gasteiger partial charge is 0.497 e.